The van der Waals surface area contributed by atoms with Crippen molar-refractivity contribution in [3.8, 4) is 0 Å². The highest BCUT2D eigenvalue weighted by molar-refractivity contribution is 14.2. The SMILES string of the molecule is CCOC(OCC)OC1=CI=CC(C=O)=C1. The third-order valence-corrected chi connectivity index (χ3v) is 3.69. The number of carbonyl (C=O) groups is 1. The van der Waals surface area contributed by atoms with E-state index in [0.29, 0.717) is 24.5 Å². The first-order valence-corrected chi connectivity index (χ1v) is 7.51. The van der Waals surface area contributed by atoms with Gasteiger partial charge >= 0.3 is 6.48 Å². The van der Waals surface area contributed by atoms with E-state index in [1.807, 2.05) is 21.9 Å². The number of rotatable bonds is 7. The maximum Gasteiger partial charge on any atom is 0.315 e. The summed E-state index contributed by atoms with van der Waals surface area (Å²) >= 11 is -0.246. The van der Waals surface area contributed by atoms with Crippen LogP contribution in [0.1, 0.15) is 13.8 Å². The fraction of sp³-hybridized carbons (Fsp3) is 0.455. The molecule has 0 saturated carbocycles. The van der Waals surface area contributed by atoms with Crippen LogP contribution in [0, 0.1) is 0 Å². The first kappa shape index (κ1) is 13.5. The summed E-state index contributed by atoms with van der Waals surface area (Å²) in [5.41, 5.74) is 0.664. The Balaban J connectivity index is 2.58. The van der Waals surface area contributed by atoms with Crippen molar-refractivity contribution in [2.75, 3.05) is 13.2 Å². The Morgan fingerprint density at radius 3 is 2.62 bits per heavy atom. The molecule has 90 valence electrons. The number of aldehydes is 1. The van der Waals surface area contributed by atoms with Crippen molar-refractivity contribution < 1.29 is 19.0 Å². The van der Waals surface area contributed by atoms with Gasteiger partial charge in [-0.1, -0.05) is 20.7 Å². The third-order valence-electron chi connectivity index (χ3n) is 1.64. The van der Waals surface area contributed by atoms with Gasteiger partial charge in [0, 0.05) is 9.66 Å². The van der Waals surface area contributed by atoms with Crippen molar-refractivity contribution in [1.29, 1.82) is 0 Å². The van der Waals surface area contributed by atoms with Gasteiger partial charge < -0.3 is 14.2 Å². The van der Waals surface area contributed by atoms with Crippen LogP contribution in [-0.2, 0) is 19.0 Å². The highest BCUT2D eigenvalue weighted by atomic mass is 127. The Kier molecular flexibility index (Phi) is 6.51. The number of allylic oxidation sites excluding steroid dienone is 2. The zero-order valence-corrected chi connectivity index (χ0v) is 11.5. The molecule has 0 saturated heterocycles. The molecular weight excluding hydrogens is 323 g/mol. The number of carbonyl (C=O) groups excluding carboxylic acids is 1. The average Bonchev–Trinajstić information content (AvgIpc) is 2.30. The Hall–Kier alpha value is -0.530. The largest absolute Gasteiger partial charge is 0.441 e. The molecule has 16 heavy (non-hydrogen) atoms. The first-order valence-electron chi connectivity index (χ1n) is 5.02. The molecule has 1 heterocycles. The number of hydrogen-bond acceptors (Lipinski definition) is 4. The van der Waals surface area contributed by atoms with E-state index in [4.69, 9.17) is 14.2 Å². The number of hydrogen-bond donors (Lipinski definition) is 0. The van der Waals surface area contributed by atoms with E-state index in [0.717, 1.165) is 6.29 Å². The summed E-state index contributed by atoms with van der Waals surface area (Å²) in [6.07, 6.45) is 2.52. The maximum absolute atomic E-state index is 10.6. The second-order valence-electron chi connectivity index (χ2n) is 2.83. The van der Waals surface area contributed by atoms with Gasteiger partial charge in [-0.2, -0.15) is 0 Å². The second kappa shape index (κ2) is 7.70. The summed E-state index contributed by atoms with van der Waals surface area (Å²) in [6.45, 7) is 4.09. The van der Waals surface area contributed by atoms with Crippen LogP contribution in [-0.4, -0.2) is 30.0 Å². The molecule has 0 N–H and O–H groups in total. The molecule has 0 amide bonds. The van der Waals surface area contributed by atoms with Crippen molar-refractivity contribution in [1.82, 2.24) is 0 Å². The molecule has 1 aliphatic heterocycles. The summed E-state index contributed by atoms with van der Waals surface area (Å²) in [4.78, 5) is 10.6. The molecule has 0 aromatic rings. The molecule has 0 spiro atoms. The lowest BCUT2D eigenvalue weighted by Crippen LogP contribution is -2.20. The lowest BCUT2D eigenvalue weighted by Gasteiger charge is -2.19. The Morgan fingerprint density at radius 2 is 2.06 bits per heavy atom. The highest BCUT2D eigenvalue weighted by Gasteiger charge is 2.11. The number of halogens is 1. The van der Waals surface area contributed by atoms with Crippen LogP contribution >= 0.6 is 20.7 Å². The summed E-state index contributed by atoms with van der Waals surface area (Å²) in [6, 6.07) is 0. The molecule has 0 aliphatic carbocycles. The van der Waals surface area contributed by atoms with Crippen LogP contribution in [0.3, 0.4) is 0 Å². The van der Waals surface area contributed by atoms with E-state index in [9.17, 15) is 4.79 Å². The molecule has 0 fully saturated rings. The summed E-state index contributed by atoms with van der Waals surface area (Å²) < 4.78 is 19.9. The van der Waals surface area contributed by atoms with Crippen LogP contribution in [0.4, 0.5) is 0 Å². The van der Waals surface area contributed by atoms with E-state index < -0.39 is 6.48 Å². The average molecular weight is 338 g/mol. The molecule has 5 heteroatoms. The van der Waals surface area contributed by atoms with Crippen molar-refractivity contribution in [2.24, 2.45) is 0 Å². The predicted molar refractivity (Wildman–Crippen MR) is 70.4 cm³/mol. The fourth-order valence-electron chi connectivity index (χ4n) is 1.01. The van der Waals surface area contributed by atoms with Gasteiger partial charge in [-0.3, -0.25) is 4.79 Å². The Labute approximate surface area is 105 Å². The molecule has 0 atom stereocenters. The van der Waals surface area contributed by atoms with Crippen molar-refractivity contribution in [3.63, 3.8) is 0 Å². The lowest BCUT2D eigenvalue weighted by molar-refractivity contribution is -0.265. The van der Waals surface area contributed by atoms with E-state index in [-0.39, 0.29) is 20.7 Å². The van der Waals surface area contributed by atoms with Crippen molar-refractivity contribution >= 4 is 31.0 Å². The predicted octanol–water partition coefficient (Wildman–Crippen LogP) is 2.11. The molecule has 4 nitrogen and oxygen atoms in total. The van der Waals surface area contributed by atoms with Gasteiger partial charge in [-0.05, 0) is 23.9 Å². The summed E-state index contributed by atoms with van der Waals surface area (Å²) in [5, 5.41) is 0. The molecule has 0 bridgehead atoms. The van der Waals surface area contributed by atoms with Gasteiger partial charge in [0.2, 0.25) is 0 Å². The number of ether oxygens (including phenoxy) is 3. The van der Waals surface area contributed by atoms with Crippen LogP contribution in [0.25, 0.3) is 0 Å². The van der Waals surface area contributed by atoms with Gasteiger partial charge in [0.05, 0.1) is 13.2 Å². The Morgan fingerprint density at radius 1 is 1.38 bits per heavy atom. The third kappa shape index (κ3) is 4.54. The van der Waals surface area contributed by atoms with Crippen LogP contribution in [0.2, 0.25) is 0 Å². The lowest BCUT2D eigenvalue weighted by atomic mass is 10.3. The summed E-state index contributed by atoms with van der Waals surface area (Å²) in [7, 11) is 0. The minimum atomic E-state index is -0.687. The molecule has 0 radical (unpaired) electrons. The standard InChI is InChI=1S/C11H15IO4/c1-3-14-11(15-4-2)16-10-5-9(8-13)6-12-7-10/h5-8,11H,3-4H2,1-2H3. The van der Waals surface area contributed by atoms with Gasteiger partial charge in [0.15, 0.2) is 6.29 Å². The second-order valence-corrected chi connectivity index (χ2v) is 4.79. The highest BCUT2D eigenvalue weighted by Crippen LogP contribution is 2.18. The normalized spacial score (nSPS) is 15.2. The van der Waals surface area contributed by atoms with E-state index in [1.54, 1.807) is 6.08 Å². The molecule has 1 rings (SSSR count). The maximum atomic E-state index is 10.6. The fourth-order valence-corrected chi connectivity index (χ4v) is 2.62. The van der Waals surface area contributed by atoms with Gasteiger partial charge in [0.25, 0.3) is 0 Å². The van der Waals surface area contributed by atoms with E-state index in [1.165, 1.54) is 0 Å². The minimum absolute atomic E-state index is 0.246. The van der Waals surface area contributed by atoms with Gasteiger partial charge in [-0.25, -0.2) is 0 Å². The van der Waals surface area contributed by atoms with Gasteiger partial charge in [-0.15, -0.1) is 0 Å². The van der Waals surface area contributed by atoms with Gasteiger partial charge in [0.1, 0.15) is 5.76 Å². The zero-order valence-electron chi connectivity index (χ0n) is 9.31. The topological polar surface area (TPSA) is 44.8 Å². The quantitative estimate of drug-likeness (QED) is 0.405. The van der Waals surface area contributed by atoms with Crippen LogP contribution in [0.5, 0.6) is 0 Å². The van der Waals surface area contributed by atoms with Crippen molar-refractivity contribution in [3.05, 3.63) is 21.5 Å². The molecule has 0 aromatic carbocycles. The molecule has 1 aliphatic rings. The zero-order chi connectivity index (χ0) is 11.8. The summed E-state index contributed by atoms with van der Waals surface area (Å²) in [5.74, 6) is 0.657. The van der Waals surface area contributed by atoms with Crippen molar-refractivity contribution in [2.45, 2.75) is 20.3 Å². The molecule has 0 unspecified atom stereocenters. The van der Waals surface area contributed by atoms with Crippen LogP contribution < -0.4 is 0 Å². The Bertz CT molecular complexity index is 314. The molecule has 0 aromatic heterocycles. The minimum Gasteiger partial charge on any atom is -0.441 e. The smallest absolute Gasteiger partial charge is 0.315 e. The van der Waals surface area contributed by atoms with Crippen LogP contribution in [0.15, 0.2) is 21.5 Å². The first-order chi connectivity index (χ1) is 7.80. The van der Waals surface area contributed by atoms with E-state index in [2.05, 4.69) is 0 Å². The monoisotopic (exact) mass is 338 g/mol. The molecular formula is C11H15IO4. The van der Waals surface area contributed by atoms with E-state index >= 15 is 0 Å².